The van der Waals surface area contributed by atoms with Crippen molar-refractivity contribution in [3.05, 3.63) is 57.8 Å². The lowest BCUT2D eigenvalue weighted by atomic mass is 10.1. The molecule has 0 radical (unpaired) electrons. The van der Waals surface area contributed by atoms with Gasteiger partial charge >= 0.3 is 0 Å². The molecule has 3 nitrogen and oxygen atoms in total. The quantitative estimate of drug-likeness (QED) is 0.796. The minimum atomic E-state index is -0.276. The van der Waals surface area contributed by atoms with Gasteiger partial charge in [0.1, 0.15) is 5.82 Å². The molecule has 2 aromatic rings. The molecule has 2 heterocycles. The Morgan fingerprint density at radius 3 is 2.95 bits per heavy atom. The second kappa shape index (κ2) is 5.54. The van der Waals surface area contributed by atoms with Crippen LogP contribution in [0.2, 0.25) is 0 Å². The van der Waals surface area contributed by atoms with Crippen molar-refractivity contribution in [2.45, 2.75) is 13.0 Å². The molecule has 0 N–H and O–H groups in total. The van der Waals surface area contributed by atoms with Gasteiger partial charge in [-0.05, 0) is 23.8 Å². The molecule has 0 saturated heterocycles. The zero-order valence-corrected chi connectivity index (χ0v) is 11.6. The van der Waals surface area contributed by atoms with E-state index in [2.05, 4.69) is 4.98 Å². The number of thiazole rings is 1. The summed E-state index contributed by atoms with van der Waals surface area (Å²) in [5.41, 5.74) is 3.75. The van der Waals surface area contributed by atoms with Crippen LogP contribution >= 0.6 is 11.3 Å². The topological polar surface area (TPSA) is 33.2 Å². The first kappa shape index (κ1) is 13.0. The number of fused-ring (bicyclic) bond motifs is 1. The first-order valence-electron chi connectivity index (χ1n) is 6.36. The van der Waals surface area contributed by atoms with Crippen molar-refractivity contribution in [2.75, 3.05) is 6.54 Å². The van der Waals surface area contributed by atoms with Crippen molar-refractivity contribution in [3.63, 3.8) is 0 Å². The molecule has 102 valence electrons. The van der Waals surface area contributed by atoms with E-state index in [1.165, 1.54) is 17.0 Å². The highest BCUT2D eigenvalue weighted by Crippen LogP contribution is 2.21. The van der Waals surface area contributed by atoms with E-state index in [1.807, 2.05) is 5.51 Å². The fourth-order valence-electron chi connectivity index (χ4n) is 2.15. The first-order chi connectivity index (χ1) is 9.72. The molecule has 0 unspecified atom stereocenters. The largest absolute Gasteiger partial charge is 0.334 e. The highest BCUT2D eigenvalue weighted by Gasteiger charge is 2.20. The summed E-state index contributed by atoms with van der Waals surface area (Å²) in [5.74, 6) is -0.296. The van der Waals surface area contributed by atoms with Crippen LogP contribution in [-0.2, 0) is 17.8 Å². The Labute approximate surface area is 120 Å². The Bertz CT molecular complexity index is 648. The Balaban J connectivity index is 1.67. The lowest BCUT2D eigenvalue weighted by Crippen LogP contribution is -2.34. The van der Waals surface area contributed by atoms with Gasteiger partial charge in [0.25, 0.3) is 0 Å². The number of carbonyl (C=O) groups excluding carboxylic acids is 1. The normalized spacial score (nSPS) is 14.6. The average Bonchev–Trinajstić information content (AvgIpc) is 2.93. The standard InChI is InChI=1S/C15H13FN2OS/c16-12-4-1-11(2-5-12)3-6-15(19)18-8-7-13-14(9-18)20-10-17-13/h1-6,10H,7-9H2/b6-3+. The van der Waals surface area contributed by atoms with Gasteiger partial charge in [-0.1, -0.05) is 12.1 Å². The van der Waals surface area contributed by atoms with Crippen molar-refractivity contribution in [1.29, 1.82) is 0 Å². The van der Waals surface area contributed by atoms with Crippen LogP contribution in [0.25, 0.3) is 6.08 Å². The Morgan fingerprint density at radius 2 is 2.15 bits per heavy atom. The molecule has 1 aliphatic rings. The summed E-state index contributed by atoms with van der Waals surface area (Å²) in [6.07, 6.45) is 4.07. The number of hydrogen-bond acceptors (Lipinski definition) is 3. The fourth-order valence-corrected chi connectivity index (χ4v) is 2.98. The zero-order valence-electron chi connectivity index (χ0n) is 10.8. The van der Waals surface area contributed by atoms with E-state index in [0.717, 1.165) is 17.7 Å². The highest BCUT2D eigenvalue weighted by molar-refractivity contribution is 7.09. The third-order valence-electron chi connectivity index (χ3n) is 3.28. The van der Waals surface area contributed by atoms with Gasteiger partial charge in [-0.25, -0.2) is 9.37 Å². The number of aromatic nitrogens is 1. The van der Waals surface area contributed by atoms with Gasteiger partial charge in [-0.3, -0.25) is 4.79 Å². The van der Waals surface area contributed by atoms with Gasteiger partial charge in [0, 0.05) is 23.9 Å². The van der Waals surface area contributed by atoms with E-state index in [1.54, 1.807) is 40.5 Å². The molecule has 0 aliphatic carbocycles. The van der Waals surface area contributed by atoms with Gasteiger partial charge in [-0.15, -0.1) is 11.3 Å². The maximum Gasteiger partial charge on any atom is 0.246 e. The number of rotatable bonds is 2. The molecule has 5 heteroatoms. The molecule has 0 spiro atoms. The second-order valence-electron chi connectivity index (χ2n) is 4.62. The number of amides is 1. The summed E-state index contributed by atoms with van der Waals surface area (Å²) >= 11 is 1.59. The minimum Gasteiger partial charge on any atom is -0.334 e. The van der Waals surface area contributed by atoms with E-state index >= 15 is 0 Å². The third-order valence-corrected chi connectivity index (χ3v) is 4.14. The molecule has 1 aliphatic heterocycles. The predicted molar refractivity (Wildman–Crippen MR) is 76.7 cm³/mol. The van der Waals surface area contributed by atoms with Crippen molar-refractivity contribution >= 4 is 23.3 Å². The molecule has 0 bridgehead atoms. The molecule has 1 aromatic heterocycles. The van der Waals surface area contributed by atoms with E-state index in [-0.39, 0.29) is 11.7 Å². The highest BCUT2D eigenvalue weighted by atomic mass is 32.1. The maximum atomic E-state index is 12.8. The van der Waals surface area contributed by atoms with Crippen LogP contribution in [0.15, 0.2) is 35.9 Å². The monoisotopic (exact) mass is 288 g/mol. The summed E-state index contributed by atoms with van der Waals surface area (Å²) in [6.45, 7) is 1.33. The molecular weight excluding hydrogens is 275 g/mol. The molecule has 1 amide bonds. The maximum absolute atomic E-state index is 12.8. The number of hydrogen-bond donors (Lipinski definition) is 0. The van der Waals surface area contributed by atoms with E-state index in [4.69, 9.17) is 0 Å². The lowest BCUT2D eigenvalue weighted by molar-refractivity contribution is -0.126. The van der Waals surface area contributed by atoms with Crippen molar-refractivity contribution in [2.24, 2.45) is 0 Å². The number of halogens is 1. The summed E-state index contributed by atoms with van der Waals surface area (Å²) < 4.78 is 12.8. The molecule has 3 rings (SSSR count). The summed E-state index contributed by atoms with van der Waals surface area (Å²) in [5, 5.41) is 0. The Hall–Kier alpha value is -2.01. The van der Waals surface area contributed by atoms with Crippen LogP contribution in [0.3, 0.4) is 0 Å². The van der Waals surface area contributed by atoms with Crippen LogP contribution < -0.4 is 0 Å². The van der Waals surface area contributed by atoms with E-state index < -0.39 is 0 Å². The predicted octanol–water partition coefficient (Wildman–Crippen LogP) is 2.88. The molecule has 0 fully saturated rings. The smallest absolute Gasteiger partial charge is 0.246 e. The Morgan fingerprint density at radius 1 is 1.35 bits per heavy atom. The zero-order chi connectivity index (χ0) is 13.9. The van der Waals surface area contributed by atoms with Gasteiger partial charge in [0.2, 0.25) is 5.91 Å². The lowest BCUT2D eigenvalue weighted by Gasteiger charge is -2.24. The van der Waals surface area contributed by atoms with Gasteiger partial charge in [0.05, 0.1) is 17.7 Å². The molecule has 0 saturated carbocycles. The van der Waals surface area contributed by atoms with E-state index in [0.29, 0.717) is 13.1 Å². The molecular formula is C15H13FN2OS. The average molecular weight is 288 g/mol. The van der Waals surface area contributed by atoms with Gasteiger partial charge in [-0.2, -0.15) is 0 Å². The first-order valence-corrected chi connectivity index (χ1v) is 7.24. The van der Waals surface area contributed by atoms with Crippen molar-refractivity contribution < 1.29 is 9.18 Å². The minimum absolute atomic E-state index is 0.0200. The summed E-state index contributed by atoms with van der Waals surface area (Å²) in [4.78, 5) is 19.4. The number of carbonyl (C=O) groups is 1. The second-order valence-corrected chi connectivity index (χ2v) is 5.56. The van der Waals surface area contributed by atoms with Gasteiger partial charge in [0.15, 0.2) is 0 Å². The van der Waals surface area contributed by atoms with E-state index in [9.17, 15) is 9.18 Å². The third kappa shape index (κ3) is 2.77. The Kier molecular flexibility index (Phi) is 3.60. The van der Waals surface area contributed by atoms with Crippen LogP contribution in [0.1, 0.15) is 16.1 Å². The number of benzene rings is 1. The van der Waals surface area contributed by atoms with Crippen LogP contribution in [0.5, 0.6) is 0 Å². The van der Waals surface area contributed by atoms with Crippen LogP contribution in [-0.4, -0.2) is 22.3 Å². The fraction of sp³-hybridized carbons (Fsp3) is 0.200. The van der Waals surface area contributed by atoms with Crippen LogP contribution in [0.4, 0.5) is 4.39 Å². The van der Waals surface area contributed by atoms with Gasteiger partial charge < -0.3 is 4.90 Å². The van der Waals surface area contributed by atoms with Crippen molar-refractivity contribution in [3.8, 4) is 0 Å². The summed E-state index contributed by atoms with van der Waals surface area (Å²) in [6, 6.07) is 6.07. The number of nitrogens with zero attached hydrogens (tertiary/aromatic N) is 2. The molecule has 20 heavy (non-hydrogen) atoms. The van der Waals surface area contributed by atoms with Crippen molar-refractivity contribution in [1.82, 2.24) is 9.88 Å². The summed E-state index contributed by atoms with van der Waals surface area (Å²) in [7, 11) is 0. The molecule has 0 atom stereocenters. The SMILES string of the molecule is O=C(/C=C/c1ccc(F)cc1)N1CCc2ncsc2C1. The molecule has 1 aromatic carbocycles. The van der Waals surface area contributed by atoms with Crippen LogP contribution in [0, 0.1) is 5.82 Å².